The van der Waals surface area contributed by atoms with E-state index in [4.69, 9.17) is 11.6 Å². The van der Waals surface area contributed by atoms with Crippen molar-refractivity contribution in [2.75, 3.05) is 16.2 Å². The number of fused-ring (bicyclic) bond motifs is 1. The predicted molar refractivity (Wildman–Crippen MR) is 123 cm³/mol. The number of anilines is 2. The van der Waals surface area contributed by atoms with Crippen molar-refractivity contribution in [3.8, 4) is 0 Å². The first kappa shape index (κ1) is 20.2. The van der Waals surface area contributed by atoms with E-state index in [-0.39, 0.29) is 10.8 Å². The molecule has 0 fully saturated rings. The summed E-state index contributed by atoms with van der Waals surface area (Å²) in [4.78, 5) is 12.8. The summed E-state index contributed by atoms with van der Waals surface area (Å²) in [6.07, 6.45) is 0.548. The van der Waals surface area contributed by atoms with Crippen LogP contribution in [0.3, 0.4) is 0 Å². The third-order valence-corrected chi connectivity index (χ3v) is 7.50. The fourth-order valence-corrected chi connectivity index (χ4v) is 5.22. The molecule has 3 aromatic rings. The lowest BCUT2D eigenvalue weighted by Crippen LogP contribution is -2.29. The molecule has 1 amide bonds. The van der Waals surface area contributed by atoms with Crippen LogP contribution in [0.25, 0.3) is 0 Å². The maximum Gasteiger partial charge on any atom is 0.264 e. The number of hydrogen-bond donors (Lipinski definition) is 1. The van der Waals surface area contributed by atoms with Crippen LogP contribution in [0.4, 0.5) is 11.4 Å². The molecule has 0 bridgehead atoms. The van der Waals surface area contributed by atoms with Crippen LogP contribution in [0.1, 0.15) is 15.9 Å². The van der Waals surface area contributed by atoms with E-state index in [1.54, 1.807) is 30.3 Å². The van der Waals surface area contributed by atoms with Gasteiger partial charge < -0.3 is 5.32 Å². The summed E-state index contributed by atoms with van der Waals surface area (Å²) in [7, 11) is -3.68. The topological polar surface area (TPSA) is 66.5 Å². The average molecular weight is 539 g/mol. The van der Waals surface area contributed by atoms with Crippen molar-refractivity contribution in [1.29, 1.82) is 0 Å². The Kier molecular flexibility index (Phi) is 5.54. The van der Waals surface area contributed by atoms with Gasteiger partial charge in [-0.15, -0.1) is 0 Å². The van der Waals surface area contributed by atoms with Gasteiger partial charge >= 0.3 is 0 Å². The zero-order valence-corrected chi connectivity index (χ0v) is 18.8. The Labute approximate surface area is 187 Å². The van der Waals surface area contributed by atoms with Gasteiger partial charge in [0, 0.05) is 26.4 Å². The lowest BCUT2D eigenvalue weighted by molar-refractivity contribution is 0.102. The van der Waals surface area contributed by atoms with Crippen molar-refractivity contribution in [3.63, 3.8) is 0 Å². The van der Waals surface area contributed by atoms with E-state index in [2.05, 4.69) is 27.9 Å². The molecule has 0 aromatic heterocycles. The number of nitrogens with zero attached hydrogens (tertiary/aromatic N) is 1. The second kappa shape index (κ2) is 7.97. The highest BCUT2D eigenvalue weighted by molar-refractivity contribution is 14.1. The monoisotopic (exact) mass is 538 g/mol. The quantitative estimate of drug-likeness (QED) is 0.478. The summed E-state index contributed by atoms with van der Waals surface area (Å²) in [5.74, 6) is -0.229. The van der Waals surface area contributed by atoms with Gasteiger partial charge in [0.25, 0.3) is 15.9 Å². The normalized spacial score (nSPS) is 13.2. The number of carbonyl (C=O) groups excluding carboxylic acids is 1. The van der Waals surface area contributed by atoms with Gasteiger partial charge in [0.1, 0.15) is 0 Å². The third-order valence-electron chi connectivity index (χ3n) is 4.70. The van der Waals surface area contributed by atoms with Gasteiger partial charge in [-0.3, -0.25) is 9.10 Å². The summed E-state index contributed by atoms with van der Waals surface area (Å²) < 4.78 is 28.5. The maximum absolute atomic E-state index is 13.0. The van der Waals surface area contributed by atoms with Crippen LogP contribution in [0.15, 0.2) is 71.6 Å². The minimum absolute atomic E-state index is 0.190. The molecule has 148 valence electrons. The van der Waals surface area contributed by atoms with Gasteiger partial charge in [0.2, 0.25) is 0 Å². The molecule has 1 aliphatic rings. The SMILES string of the molecule is O=C(Nc1ccc(I)cc1)c1ccc2c(c1)CCN2S(=O)(=O)c1ccc(Cl)cc1. The Balaban J connectivity index is 1.58. The van der Waals surface area contributed by atoms with E-state index in [1.807, 2.05) is 24.3 Å². The van der Waals surface area contributed by atoms with Gasteiger partial charge in [-0.25, -0.2) is 8.42 Å². The van der Waals surface area contributed by atoms with Gasteiger partial charge in [0.05, 0.1) is 10.6 Å². The minimum atomic E-state index is -3.68. The fraction of sp³-hybridized carbons (Fsp3) is 0.0952. The Hall–Kier alpha value is -2.10. The molecular weight excluding hydrogens is 523 g/mol. The second-order valence-corrected chi connectivity index (χ2v) is 10.1. The summed E-state index contributed by atoms with van der Waals surface area (Å²) in [5.41, 5.74) is 2.64. The predicted octanol–water partition coefficient (Wildman–Crippen LogP) is 4.95. The summed E-state index contributed by atoms with van der Waals surface area (Å²) in [5, 5.41) is 3.34. The molecule has 5 nitrogen and oxygen atoms in total. The summed E-state index contributed by atoms with van der Waals surface area (Å²) in [6.45, 7) is 0.336. The highest BCUT2D eigenvalue weighted by Gasteiger charge is 2.31. The number of benzene rings is 3. The van der Waals surface area contributed by atoms with Gasteiger partial charge in [-0.2, -0.15) is 0 Å². The van der Waals surface area contributed by atoms with Crippen LogP contribution < -0.4 is 9.62 Å². The molecule has 1 aliphatic heterocycles. The molecule has 0 atom stereocenters. The Morgan fingerprint density at radius 3 is 2.38 bits per heavy atom. The van der Waals surface area contributed by atoms with Crippen LogP contribution in [-0.4, -0.2) is 20.9 Å². The van der Waals surface area contributed by atoms with Crippen molar-refractivity contribution in [3.05, 3.63) is 86.4 Å². The maximum atomic E-state index is 13.0. The van der Waals surface area contributed by atoms with Gasteiger partial charge in [-0.1, -0.05) is 11.6 Å². The van der Waals surface area contributed by atoms with E-state index in [1.165, 1.54) is 16.4 Å². The zero-order valence-electron chi connectivity index (χ0n) is 15.1. The minimum Gasteiger partial charge on any atom is -0.322 e. The van der Waals surface area contributed by atoms with Crippen LogP contribution >= 0.6 is 34.2 Å². The molecule has 4 rings (SSSR count). The van der Waals surface area contributed by atoms with Crippen molar-refractivity contribution in [2.24, 2.45) is 0 Å². The van der Waals surface area contributed by atoms with Crippen LogP contribution in [-0.2, 0) is 16.4 Å². The number of nitrogens with one attached hydrogen (secondary N) is 1. The molecule has 0 saturated heterocycles. The lowest BCUT2D eigenvalue weighted by atomic mass is 10.1. The zero-order chi connectivity index (χ0) is 20.6. The molecule has 29 heavy (non-hydrogen) atoms. The molecule has 0 spiro atoms. The molecule has 0 aliphatic carbocycles. The first-order valence-electron chi connectivity index (χ1n) is 8.83. The molecule has 3 aromatic carbocycles. The molecular formula is C21H16ClIN2O3S. The molecule has 1 N–H and O–H groups in total. The second-order valence-electron chi connectivity index (χ2n) is 6.59. The highest BCUT2D eigenvalue weighted by Crippen LogP contribution is 2.34. The van der Waals surface area contributed by atoms with E-state index < -0.39 is 10.0 Å². The van der Waals surface area contributed by atoms with Crippen LogP contribution in [0.5, 0.6) is 0 Å². The van der Waals surface area contributed by atoms with Gasteiger partial charge in [0.15, 0.2) is 0 Å². The van der Waals surface area contributed by atoms with E-state index >= 15 is 0 Å². The van der Waals surface area contributed by atoms with Crippen LogP contribution in [0, 0.1) is 3.57 Å². The number of rotatable bonds is 4. The summed E-state index contributed by atoms with van der Waals surface area (Å²) in [6, 6.07) is 18.7. The number of amides is 1. The number of carbonyl (C=O) groups is 1. The standard InChI is InChI=1S/C21H16ClIN2O3S/c22-16-2-8-19(9-3-16)29(27,28)25-12-11-14-13-15(1-10-20(14)25)21(26)24-18-6-4-17(23)5-7-18/h1-10,13H,11-12H2,(H,24,26). The Morgan fingerprint density at radius 1 is 1.00 bits per heavy atom. The Morgan fingerprint density at radius 2 is 1.69 bits per heavy atom. The lowest BCUT2D eigenvalue weighted by Gasteiger charge is -2.19. The van der Waals surface area contributed by atoms with E-state index in [0.717, 1.165) is 9.13 Å². The van der Waals surface area contributed by atoms with Crippen molar-refractivity contribution in [2.45, 2.75) is 11.3 Å². The first-order valence-corrected chi connectivity index (χ1v) is 11.7. The molecule has 8 heteroatoms. The third kappa shape index (κ3) is 4.12. The smallest absolute Gasteiger partial charge is 0.264 e. The van der Waals surface area contributed by atoms with Crippen molar-refractivity contribution in [1.82, 2.24) is 0 Å². The van der Waals surface area contributed by atoms with Gasteiger partial charge in [-0.05, 0) is 101 Å². The van der Waals surface area contributed by atoms with Crippen molar-refractivity contribution < 1.29 is 13.2 Å². The molecule has 0 unspecified atom stereocenters. The first-order chi connectivity index (χ1) is 13.8. The molecule has 0 saturated carbocycles. The molecule has 0 radical (unpaired) electrons. The molecule has 1 heterocycles. The Bertz CT molecular complexity index is 1180. The highest BCUT2D eigenvalue weighted by atomic mass is 127. The fourth-order valence-electron chi connectivity index (χ4n) is 3.23. The van der Waals surface area contributed by atoms with Crippen molar-refractivity contribution >= 4 is 61.5 Å². The summed E-state index contributed by atoms with van der Waals surface area (Å²) >= 11 is 8.07. The van der Waals surface area contributed by atoms with E-state index in [9.17, 15) is 13.2 Å². The van der Waals surface area contributed by atoms with Crippen LogP contribution in [0.2, 0.25) is 5.02 Å². The number of halogens is 2. The van der Waals surface area contributed by atoms with E-state index in [0.29, 0.717) is 34.9 Å². The number of sulfonamides is 1. The average Bonchev–Trinajstić information content (AvgIpc) is 3.14. The number of hydrogen-bond acceptors (Lipinski definition) is 3. The largest absolute Gasteiger partial charge is 0.322 e.